The molecule has 5 heteroatoms. The summed E-state index contributed by atoms with van der Waals surface area (Å²) in [7, 11) is 0. The second-order valence-corrected chi connectivity index (χ2v) is 5.96. The van der Waals surface area contributed by atoms with E-state index in [0.717, 1.165) is 45.7 Å². The Bertz CT molecular complexity index is 426. The molecule has 2 aliphatic rings. The zero-order valence-electron chi connectivity index (χ0n) is 10.5. The lowest BCUT2D eigenvalue weighted by molar-refractivity contribution is -0.133. The number of carbonyl (C=O) groups excluding carboxylic acids is 1. The van der Waals surface area contributed by atoms with Gasteiger partial charge in [-0.05, 0) is 23.4 Å². The predicted octanol–water partition coefficient (Wildman–Crippen LogP) is 0.538. The second-order valence-electron chi connectivity index (χ2n) is 4.96. The molecule has 1 fully saturated rings. The van der Waals surface area contributed by atoms with E-state index in [0.29, 0.717) is 6.54 Å². The predicted molar refractivity (Wildman–Crippen MR) is 72.7 cm³/mol. The van der Waals surface area contributed by atoms with Gasteiger partial charge in [-0.15, -0.1) is 11.3 Å². The number of nitrogens with one attached hydrogen (secondary N) is 1. The molecular weight excluding hydrogens is 246 g/mol. The smallest absolute Gasteiger partial charge is 0.236 e. The van der Waals surface area contributed by atoms with Crippen LogP contribution in [-0.2, 0) is 17.8 Å². The van der Waals surface area contributed by atoms with Gasteiger partial charge >= 0.3 is 0 Å². The van der Waals surface area contributed by atoms with Crippen LogP contribution in [0.15, 0.2) is 11.4 Å². The number of carbonyl (C=O) groups is 1. The van der Waals surface area contributed by atoms with Crippen molar-refractivity contribution in [2.45, 2.75) is 13.0 Å². The molecule has 1 N–H and O–H groups in total. The first-order chi connectivity index (χ1) is 8.83. The Labute approximate surface area is 112 Å². The number of hydrogen-bond donors (Lipinski definition) is 1. The van der Waals surface area contributed by atoms with Gasteiger partial charge in [-0.3, -0.25) is 9.69 Å². The highest BCUT2D eigenvalue weighted by molar-refractivity contribution is 7.10. The van der Waals surface area contributed by atoms with E-state index < -0.39 is 0 Å². The van der Waals surface area contributed by atoms with E-state index in [1.165, 1.54) is 10.4 Å². The van der Waals surface area contributed by atoms with Crippen molar-refractivity contribution in [1.29, 1.82) is 0 Å². The van der Waals surface area contributed by atoms with Gasteiger partial charge in [-0.25, -0.2) is 0 Å². The summed E-state index contributed by atoms with van der Waals surface area (Å²) in [5.41, 5.74) is 1.42. The SMILES string of the molecule is O=C(CN1CCc2sccc2C1)N1CCNCC1. The third-order valence-electron chi connectivity index (χ3n) is 3.72. The molecule has 1 aromatic heterocycles. The van der Waals surface area contributed by atoms with E-state index in [4.69, 9.17) is 0 Å². The minimum Gasteiger partial charge on any atom is -0.339 e. The lowest BCUT2D eigenvalue weighted by Gasteiger charge is -2.31. The number of fused-ring (bicyclic) bond motifs is 1. The Hall–Kier alpha value is -0.910. The first kappa shape index (κ1) is 12.1. The molecule has 98 valence electrons. The number of piperazine rings is 1. The maximum atomic E-state index is 12.2. The molecule has 0 aliphatic carbocycles. The van der Waals surface area contributed by atoms with Crippen LogP contribution in [0.5, 0.6) is 0 Å². The van der Waals surface area contributed by atoms with E-state index >= 15 is 0 Å². The first-order valence-electron chi connectivity index (χ1n) is 6.59. The highest BCUT2D eigenvalue weighted by atomic mass is 32.1. The molecule has 0 spiro atoms. The van der Waals surface area contributed by atoms with Crippen LogP contribution in [0, 0.1) is 0 Å². The minimum absolute atomic E-state index is 0.287. The molecule has 1 aromatic rings. The van der Waals surface area contributed by atoms with Gasteiger partial charge in [0.25, 0.3) is 0 Å². The molecule has 1 saturated heterocycles. The largest absolute Gasteiger partial charge is 0.339 e. The summed E-state index contributed by atoms with van der Waals surface area (Å²) in [5.74, 6) is 0.287. The summed E-state index contributed by atoms with van der Waals surface area (Å²) in [6.07, 6.45) is 1.10. The Kier molecular flexibility index (Phi) is 3.63. The molecule has 1 amide bonds. The zero-order chi connectivity index (χ0) is 12.4. The Morgan fingerprint density at radius 3 is 3.00 bits per heavy atom. The van der Waals surface area contributed by atoms with Crippen LogP contribution >= 0.6 is 11.3 Å². The van der Waals surface area contributed by atoms with Crippen molar-refractivity contribution < 1.29 is 4.79 Å². The van der Waals surface area contributed by atoms with Crippen LogP contribution in [-0.4, -0.2) is 55.0 Å². The van der Waals surface area contributed by atoms with E-state index in [1.54, 1.807) is 0 Å². The van der Waals surface area contributed by atoms with Crippen molar-refractivity contribution in [1.82, 2.24) is 15.1 Å². The Morgan fingerprint density at radius 1 is 1.33 bits per heavy atom. The molecule has 18 heavy (non-hydrogen) atoms. The van der Waals surface area contributed by atoms with Crippen molar-refractivity contribution >= 4 is 17.2 Å². The topological polar surface area (TPSA) is 35.6 Å². The summed E-state index contributed by atoms with van der Waals surface area (Å²) in [6, 6.07) is 2.20. The van der Waals surface area contributed by atoms with Gasteiger partial charge in [-0.1, -0.05) is 0 Å². The standard InChI is InChI=1S/C13H19N3OS/c17-13(16-6-3-14-4-7-16)10-15-5-1-12-11(9-15)2-8-18-12/h2,8,14H,1,3-7,9-10H2. The fourth-order valence-electron chi connectivity index (χ4n) is 2.65. The molecule has 0 radical (unpaired) electrons. The average molecular weight is 265 g/mol. The van der Waals surface area contributed by atoms with Crippen molar-refractivity contribution in [2.75, 3.05) is 39.3 Å². The van der Waals surface area contributed by atoms with Crippen LogP contribution < -0.4 is 5.32 Å². The van der Waals surface area contributed by atoms with Crippen LogP contribution in [0.3, 0.4) is 0 Å². The molecule has 3 rings (SSSR count). The number of amides is 1. The highest BCUT2D eigenvalue weighted by Crippen LogP contribution is 2.23. The number of hydrogen-bond acceptors (Lipinski definition) is 4. The average Bonchev–Trinajstić information content (AvgIpc) is 2.87. The summed E-state index contributed by atoms with van der Waals surface area (Å²) in [6.45, 7) is 6.12. The van der Waals surface area contributed by atoms with Crippen molar-refractivity contribution in [3.05, 3.63) is 21.9 Å². The van der Waals surface area contributed by atoms with Crippen LogP contribution in [0.4, 0.5) is 0 Å². The van der Waals surface area contributed by atoms with E-state index in [1.807, 2.05) is 16.2 Å². The van der Waals surface area contributed by atoms with Gasteiger partial charge in [0.05, 0.1) is 6.54 Å². The van der Waals surface area contributed by atoms with Gasteiger partial charge < -0.3 is 10.2 Å². The molecule has 0 bridgehead atoms. The fraction of sp³-hybridized carbons (Fsp3) is 0.615. The third kappa shape index (κ3) is 2.58. The van der Waals surface area contributed by atoms with Crippen LogP contribution in [0.2, 0.25) is 0 Å². The lowest BCUT2D eigenvalue weighted by Crippen LogP contribution is -2.50. The zero-order valence-corrected chi connectivity index (χ0v) is 11.3. The maximum Gasteiger partial charge on any atom is 0.236 e. The molecule has 0 atom stereocenters. The summed E-state index contributed by atoms with van der Waals surface area (Å²) < 4.78 is 0. The summed E-state index contributed by atoms with van der Waals surface area (Å²) in [4.78, 5) is 17.9. The molecular formula is C13H19N3OS. The van der Waals surface area contributed by atoms with Crippen molar-refractivity contribution in [3.8, 4) is 0 Å². The molecule has 2 aliphatic heterocycles. The van der Waals surface area contributed by atoms with Crippen molar-refractivity contribution in [2.24, 2.45) is 0 Å². The summed E-state index contributed by atoms with van der Waals surface area (Å²) in [5, 5.41) is 5.44. The molecule has 0 unspecified atom stereocenters. The van der Waals surface area contributed by atoms with Gasteiger partial charge in [0, 0.05) is 44.1 Å². The number of rotatable bonds is 2. The molecule has 0 saturated carbocycles. The Balaban J connectivity index is 1.56. The van der Waals surface area contributed by atoms with E-state index in [9.17, 15) is 4.79 Å². The monoisotopic (exact) mass is 265 g/mol. The van der Waals surface area contributed by atoms with Gasteiger partial charge in [0.2, 0.25) is 5.91 Å². The van der Waals surface area contributed by atoms with Crippen molar-refractivity contribution in [3.63, 3.8) is 0 Å². The van der Waals surface area contributed by atoms with E-state index in [2.05, 4.69) is 21.7 Å². The van der Waals surface area contributed by atoms with E-state index in [-0.39, 0.29) is 5.91 Å². The van der Waals surface area contributed by atoms with Gasteiger partial charge in [0.15, 0.2) is 0 Å². The second kappa shape index (κ2) is 5.38. The Morgan fingerprint density at radius 2 is 2.17 bits per heavy atom. The first-order valence-corrected chi connectivity index (χ1v) is 7.47. The van der Waals surface area contributed by atoms with Crippen LogP contribution in [0.1, 0.15) is 10.4 Å². The highest BCUT2D eigenvalue weighted by Gasteiger charge is 2.22. The molecule has 3 heterocycles. The maximum absolute atomic E-state index is 12.2. The minimum atomic E-state index is 0.287. The lowest BCUT2D eigenvalue weighted by atomic mass is 10.1. The van der Waals surface area contributed by atoms with Gasteiger partial charge in [-0.2, -0.15) is 0 Å². The van der Waals surface area contributed by atoms with Gasteiger partial charge in [0.1, 0.15) is 0 Å². The number of thiophene rings is 1. The van der Waals surface area contributed by atoms with Crippen LogP contribution in [0.25, 0.3) is 0 Å². The third-order valence-corrected chi connectivity index (χ3v) is 4.74. The molecule has 0 aromatic carbocycles. The quantitative estimate of drug-likeness (QED) is 0.848. The number of nitrogens with zero attached hydrogens (tertiary/aromatic N) is 2. The molecule has 4 nitrogen and oxygen atoms in total. The summed E-state index contributed by atoms with van der Waals surface area (Å²) >= 11 is 1.84. The fourth-order valence-corrected chi connectivity index (χ4v) is 3.54. The normalized spacial score (nSPS) is 20.8.